The number of nitrogens with two attached hydrogens (primary N) is 1. The first-order valence-electron chi connectivity index (χ1n) is 6.11. The maximum Gasteiger partial charge on any atom is 0.200 e. The van der Waals surface area contributed by atoms with Crippen LogP contribution in [-0.4, -0.2) is 15.8 Å². The van der Waals surface area contributed by atoms with Gasteiger partial charge in [-0.2, -0.15) is 0 Å². The highest BCUT2D eigenvalue weighted by Crippen LogP contribution is 2.19. The Bertz CT molecular complexity index is 738. The molecule has 0 saturated heterocycles. The minimum Gasteiger partial charge on any atom is -0.369 e. The second kappa shape index (κ2) is 5.10. The van der Waals surface area contributed by atoms with E-state index in [1.54, 1.807) is 10.8 Å². The number of benzene rings is 1. The van der Waals surface area contributed by atoms with Crippen molar-refractivity contribution in [2.24, 2.45) is 12.0 Å². The van der Waals surface area contributed by atoms with E-state index >= 15 is 0 Å². The fourth-order valence-electron chi connectivity index (χ4n) is 1.90. The quantitative estimate of drug-likeness (QED) is 0.821. The Morgan fingerprint density at radius 2 is 2.16 bits per heavy atom. The molecule has 19 heavy (non-hydrogen) atoms. The van der Waals surface area contributed by atoms with E-state index in [-0.39, 0.29) is 0 Å². The van der Waals surface area contributed by atoms with Gasteiger partial charge in [0.05, 0.1) is 16.4 Å². The van der Waals surface area contributed by atoms with E-state index < -0.39 is 0 Å². The van der Waals surface area contributed by atoms with Gasteiger partial charge in [0.2, 0.25) is 5.95 Å². The van der Waals surface area contributed by atoms with Crippen molar-refractivity contribution >= 4 is 30.5 Å². The summed E-state index contributed by atoms with van der Waals surface area (Å²) in [7, 11) is 1.85. The van der Waals surface area contributed by atoms with Crippen LogP contribution in [0.4, 0.5) is 11.6 Å². The summed E-state index contributed by atoms with van der Waals surface area (Å²) in [5, 5.41) is 1.61. The Labute approximate surface area is 112 Å². The number of nitrogens with zero attached hydrogens (tertiary/aromatic N) is 3. The van der Waals surface area contributed by atoms with Crippen molar-refractivity contribution in [3.63, 3.8) is 0 Å². The van der Waals surface area contributed by atoms with Crippen LogP contribution in [0.25, 0.3) is 12.7 Å². The standard InChI is InChI=1S/C15H18N4/c1-5-17-13-7-6-12(8-10(13)2)9-14-11(3)19(4)15(16)18-14/h5-9H,3H2,1-2,4H3,(H2,16,18)/b14-9-,17-5?. The number of aliphatic imine (C=N–C) groups is 1. The number of aromatic nitrogens is 2. The van der Waals surface area contributed by atoms with E-state index in [1.165, 1.54) is 0 Å². The molecule has 0 unspecified atom stereocenters. The number of anilines is 1. The van der Waals surface area contributed by atoms with Crippen molar-refractivity contribution in [3.8, 4) is 0 Å². The number of aryl methyl sites for hydroxylation is 1. The second-order valence-electron chi connectivity index (χ2n) is 4.44. The number of imidazole rings is 1. The van der Waals surface area contributed by atoms with Crippen LogP contribution in [0.5, 0.6) is 0 Å². The molecule has 0 radical (unpaired) electrons. The number of hydrogen-bond donors (Lipinski definition) is 1. The molecule has 0 aliphatic heterocycles. The van der Waals surface area contributed by atoms with Gasteiger partial charge in [-0.3, -0.25) is 4.99 Å². The van der Waals surface area contributed by atoms with Gasteiger partial charge in [-0.15, -0.1) is 0 Å². The summed E-state index contributed by atoms with van der Waals surface area (Å²) in [6.07, 6.45) is 3.77. The van der Waals surface area contributed by atoms with E-state index in [0.29, 0.717) is 5.95 Å². The third kappa shape index (κ3) is 2.57. The molecule has 0 bridgehead atoms. The summed E-state index contributed by atoms with van der Waals surface area (Å²) in [6, 6.07) is 6.09. The predicted molar refractivity (Wildman–Crippen MR) is 81.0 cm³/mol. The van der Waals surface area contributed by atoms with Gasteiger partial charge in [0.15, 0.2) is 0 Å². The molecule has 2 N–H and O–H groups in total. The summed E-state index contributed by atoms with van der Waals surface area (Å²) in [4.78, 5) is 8.59. The molecule has 98 valence electrons. The zero-order valence-corrected chi connectivity index (χ0v) is 11.5. The van der Waals surface area contributed by atoms with Crippen molar-refractivity contribution in [3.05, 3.63) is 40.0 Å². The monoisotopic (exact) mass is 254 g/mol. The summed E-state index contributed by atoms with van der Waals surface area (Å²) < 4.78 is 1.77. The van der Waals surface area contributed by atoms with Crippen LogP contribution in [0, 0.1) is 6.92 Å². The average molecular weight is 254 g/mol. The van der Waals surface area contributed by atoms with Crippen LogP contribution in [-0.2, 0) is 7.05 Å². The number of hydrogen-bond acceptors (Lipinski definition) is 3. The topological polar surface area (TPSA) is 56.2 Å². The van der Waals surface area contributed by atoms with Gasteiger partial charge >= 0.3 is 0 Å². The smallest absolute Gasteiger partial charge is 0.200 e. The molecule has 4 nitrogen and oxygen atoms in total. The van der Waals surface area contributed by atoms with Gasteiger partial charge in [-0.05, 0) is 43.2 Å². The highest BCUT2D eigenvalue weighted by Gasteiger charge is 2.00. The van der Waals surface area contributed by atoms with Gasteiger partial charge in [0, 0.05) is 13.3 Å². The lowest BCUT2D eigenvalue weighted by atomic mass is 10.1. The molecule has 0 spiro atoms. The van der Waals surface area contributed by atoms with Crippen molar-refractivity contribution in [2.75, 3.05) is 5.73 Å². The second-order valence-corrected chi connectivity index (χ2v) is 4.44. The Kier molecular flexibility index (Phi) is 3.51. The highest BCUT2D eigenvalue weighted by molar-refractivity contribution is 5.64. The SMILES string of the molecule is C=c1/c(=C/c2ccc(N=CC)c(C)c2)nc(N)n1C. The van der Waals surface area contributed by atoms with Gasteiger partial charge in [-0.1, -0.05) is 12.6 Å². The highest BCUT2D eigenvalue weighted by atomic mass is 15.1. The Hall–Kier alpha value is -2.36. The summed E-state index contributed by atoms with van der Waals surface area (Å²) in [6.45, 7) is 7.92. The van der Waals surface area contributed by atoms with Gasteiger partial charge in [-0.25, -0.2) is 4.98 Å². The molecule has 0 aliphatic carbocycles. The van der Waals surface area contributed by atoms with Crippen LogP contribution in [0.1, 0.15) is 18.1 Å². The molecule has 0 amide bonds. The van der Waals surface area contributed by atoms with E-state index in [1.807, 2.05) is 39.1 Å². The summed E-state index contributed by atoms with van der Waals surface area (Å²) in [5.41, 5.74) is 8.93. The molecule has 0 atom stereocenters. The van der Waals surface area contributed by atoms with E-state index in [0.717, 1.165) is 27.5 Å². The van der Waals surface area contributed by atoms with Crippen LogP contribution in [0.15, 0.2) is 23.2 Å². The summed E-state index contributed by atoms with van der Waals surface area (Å²) in [5.74, 6) is 0.472. The molecule has 1 aromatic carbocycles. The fourth-order valence-corrected chi connectivity index (χ4v) is 1.90. The molecule has 4 heteroatoms. The molecule has 0 saturated carbocycles. The van der Waals surface area contributed by atoms with Gasteiger partial charge < -0.3 is 10.3 Å². The van der Waals surface area contributed by atoms with Crippen molar-refractivity contribution in [1.29, 1.82) is 0 Å². The summed E-state index contributed by atoms with van der Waals surface area (Å²) >= 11 is 0. The van der Waals surface area contributed by atoms with Crippen molar-refractivity contribution in [1.82, 2.24) is 9.55 Å². The van der Waals surface area contributed by atoms with Crippen LogP contribution in [0.3, 0.4) is 0 Å². The minimum absolute atomic E-state index is 0.472. The largest absolute Gasteiger partial charge is 0.369 e. The third-order valence-electron chi connectivity index (χ3n) is 3.07. The lowest BCUT2D eigenvalue weighted by molar-refractivity contribution is 0.898. The third-order valence-corrected chi connectivity index (χ3v) is 3.07. The maximum atomic E-state index is 5.76. The normalized spacial score (nSPS) is 12.5. The molecular weight excluding hydrogens is 236 g/mol. The lowest BCUT2D eigenvalue weighted by Crippen LogP contribution is -2.27. The van der Waals surface area contributed by atoms with Crippen LogP contribution < -0.4 is 16.4 Å². The van der Waals surface area contributed by atoms with E-state index in [4.69, 9.17) is 5.73 Å². The molecule has 2 rings (SSSR count). The van der Waals surface area contributed by atoms with Crippen molar-refractivity contribution < 1.29 is 0 Å². The zero-order valence-electron chi connectivity index (χ0n) is 11.5. The molecular formula is C15H18N4. The van der Waals surface area contributed by atoms with Gasteiger partial charge in [0.25, 0.3) is 0 Å². The first kappa shape index (κ1) is 13.1. The van der Waals surface area contributed by atoms with Gasteiger partial charge in [0.1, 0.15) is 0 Å². The fraction of sp³-hybridized carbons (Fsp3) is 0.200. The van der Waals surface area contributed by atoms with Crippen molar-refractivity contribution in [2.45, 2.75) is 13.8 Å². The first-order chi connectivity index (χ1) is 9.02. The molecule has 0 aliphatic rings. The average Bonchev–Trinajstić information content (AvgIpc) is 2.61. The maximum absolute atomic E-state index is 5.76. The zero-order chi connectivity index (χ0) is 14.0. The number of nitrogen functional groups attached to an aromatic ring is 1. The lowest BCUT2D eigenvalue weighted by Gasteiger charge is -2.00. The Morgan fingerprint density at radius 3 is 2.68 bits per heavy atom. The molecule has 0 fully saturated rings. The molecule has 2 aromatic rings. The molecule has 1 aromatic heterocycles. The predicted octanol–water partition coefficient (Wildman–Crippen LogP) is 1.27. The Balaban J connectivity index is 2.52. The number of rotatable bonds is 2. The van der Waals surface area contributed by atoms with Crippen LogP contribution in [0.2, 0.25) is 0 Å². The minimum atomic E-state index is 0.472. The first-order valence-corrected chi connectivity index (χ1v) is 6.11. The van der Waals surface area contributed by atoms with Crippen LogP contribution >= 0.6 is 0 Å². The Morgan fingerprint density at radius 1 is 1.42 bits per heavy atom. The van der Waals surface area contributed by atoms with E-state index in [9.17, 15) is 0 Å². The van der Waals surface area contributed by atoms with E-state index in [2.05, 4.69) is 22.6 Å². The molecule has 1 heterocycles.